The summed E-state index contributed by atoms with van der Waals surface area (Å²) in [7, 11) is 2.04. The van der Waals surface area contributed by atoms with Crippen LogP contribution >= 0.6 is 0 Å². The second-order valence-electron chi connectivity index (χ2n) is 6.94. The molecule has 0 fully saturated rings. The molecule has 0 aromatic carbocycles. The van der Waals surface area contributed by atoms with Gasteiger partial charge in [0.15, 0.2) is 0 Å². The summed E-state index contributed by atoms with van der Waals surface area (Å²) in [6.45, 7) is 12.2. The van der Waals surface area contributed by atoms with Gasteiger partial charge >= 0.3 is 12.3 Å². The summed E-state index contributed by atoms with van der Waals surface area (Å²) in [6, 6.07) is 0. The van der Waals surface area contributed by atoms with Crippen LogP contribution in [0.15, 0.2) is 24.6 Å². The van der Waals surface area contributed by atoms with Crippen LogP contribution < -0.4 is 29.3 Å². The third kappa shape index (κ3) is 8.55. The van der Waals surface area contributed by atoms with E-state index in [-0.39, 0.29) is 36.3 Å². The number of halogens is 1. The van der Waals surface area contributed by atoms with E-state index >= 15 is 0 Å². The molecule has 1 aliphatic rings. The zero-order chi connectivity index (χ0) is 18.0. The summed E-state index contributed by atoms with van der Waals surface area (Å²) < 4.78 is 11.9. The molecule has 0 saturated heterocycles. The molecular weight excluding hydrogens is 431 g/mol. The van der Waals surface area contributed by atoms with Gasteiger partial charge < -0.3 is 38.8 Å². The van der Waals surface area contributed by atoms with Crippen LogP contribution in [-0.2, 0) is 14.3 Å². The molecule has 0 spiro atoms. The molecule has 0 radical (unpaired) electrons. The molecule has 0 saturated carbocycles. The second-order valence-corrected chi connectivity index (χ2v) is 6.94. The Hall–Kier alpha value is -0.600. The van der Waals surface area contributed by atoms with Crippen molar-refractivity contribution in [1.29, 1.82) is 0 Å². The van der Waals surface area contributed by atoms with Gasteiger partial charge in [0.25, 0.3) is 0 Å². The number of unbranched alkanes of at least 4 members (excludes halogenated alkanes) is 1. The average Bonchev–Trinajstić information content (AvgIpc) is 2.91. The van der Waals surface area contributed by atoms with Gasteiger partial charge in [0.05, 0.1) is 26.4 Å². The van der Waals surface area contributed by atoms with Crippen molar-refractivity contribution in [3.63, 3.8) is 0 Å². The topological polar surface area (TPSA) is 47.6 Å². The molecule has 5 nitrogen and oxygen atoms in total. The third-order valence-corrected chi connectivity index (χ3v) is 4.58. The Bertz CT molecular complexity index is 442. The Morgan fingerprint density at radius 3 is 2.68 bits per heavy atom. The molecule has 0 aromatic heterocycles. The van der Waals surface area contributed by atoms with Crippen LogP contribution in [-0.4, -0.2) is 43.6 Å². The molecule has 1 N–H and O–H groups in total. The van der Waals surface area contributed by atoms with Crippen molar-refractivity contribution >= 4 is 5.97 Å². The zero-order valence-corrected chi connectivity index (χ0v) is 18.4. The number of carbonyl (C=O) groups is 1. The second kappa shape index (κ2) is 12.7. The first-order valence-corrected chi connectivity index (χ1v) is 9.15. The number of rotatable bonds is 12. The van der Waals surface area contributed by atoms with E-state index in [1.807, 2.05) is 19.4 Å². The monoisotopic (exact) mass is 466 g/mol. The predicted octanol–water partition coefficient (Wildman–Crippen LogP) is 0.537. The van der Waals surface area contributed by atoms with Gasteiger partial charge in [-0.1, -0.05) is 39.7 Å². The minimum absolute atomic E-state index is 0. The minimum Gasteiger partial charge on any atom is -1.00 e. The van der Waals surface area contributed by atoms with Crippen LogP contribution in [0.2, 0.25) is 0 Å². The maximum Gasteiger partial charge on any atom is 0.339 e. The number of nitrogens with zero attached hydrogens (tertiary/aromatic N) is 1. The summed E-state index contributed by atoms with van der Waals surface area (Å²) in [5, 5.41) is 3.09. The highest BCUT2D eigenvalue weighted by Crippen LogP contribution is 2.19. The van der Waals surface area contributed by atoms with Crippen molar-refractivity contribution in [3.05, 3.63) is 24.6 Å². The molecule has 1 aliphatic heterocycles. The number of esters is 1. The highest BCUT2D eigenvalue weighted by atomic mass is 127. The van der Waals surface area contributed by atoms with Crippen molar-refractivity contribution in [2.75, 3.05) is 26.8 Å². The van der Waals surface area contributed by atoms with Crippen molar-refractivity contribution in [2.45, 2.75) is 59.2 Å². The lowest BCUT2D eigenvalue weighted by Gasteiger charge is -2.32. The number of nitrogens with one attached hydrogen (secondary N) is 1. The lowest BCUT2D eigenvalue weighted by atomic mass is 10.0. The van der Waals surface area contributed by atoms with Gasteiger partial charge in [-0.15, -0.1) is 0 Å². The van der Waals surface area contributed by atoms with Crippen LogP contribution in [0.4, 0.5) is 0 Å². The highest BCUT2D eigenvalue weighted by Gasteiger charge is 2.37. The minimum atomic E-state index is -0.387. The fraction of sp³-hybridized carbons (Fsp3) is 0.737. The molecule has 25 heavy (non-hydrogen) atoms. The van der Waals surface area contributed by atoms with Gasteiger partial charge in [-0.2, -0.15) is 0 Å². The summed E-state index contributed by atoms with van der Waals surface area (Å²) in [5.74, 6) is 0.311. The van der Waals surface area contributed by atoms with E-state index < -0.39 is 0 Å². The molecule has 1 heterocycles. The van der Waals surface area contributed by atoms with Gasteiger partial charge in [-0.3, -0.25) is 0 Å². The van der Waals surface area contributed by atoms with E-state index in [4.69, 9.17) is 9.47 Å². The first kappa shape index (κ1) is 24.4. The van der Waals surface area contributed by atoms with Crippen LogP contribution in [0.25, 0.3) is 0 Å². The van der Waals surface area contributed by atoms with Crippen LogP contribution in [0.3, 0.4) is 0 Å². The van der Waals surface area contributed by atoms with Gasteiger partial charge in [0.2, 0.25) is 0 Å². The standard InChI is InChI=1S/C19H35N2O3.HI/c1-6-8-10-17(7-2)15-23-14-9-12-21(5)13-11-20-19(21)24-18(22)16(3)4;/h11,13,17,19-20H,3,6-10,12,14-15H2,1-2,4-5H3;1H/q+1;/p-1. The van der Waals surface area contributed by atoms with Crippen LogP contribution in [0.1, 0.15) is 52.9 Å². The first-order valence-electron chi connectivity index (χ1n) is 9.15. The zero-order valence-electron chi connectivity index (χ0n) is 16.2. The predicted molar refractivity (Wildman–Crippen MR) is 96.8 cm³/mol. The van der Waals surface area contributed by atoms with E-state index in [9.17, 15) is 4.79 Å². The maximum absolute atomic E-state index is 11.7. The number of carbonyl (C=O) groups excluding carboxylic acids is 1. The summed E-state index contributed by atoms with van der Waals surface area (Å²) >= 11 is 0. The largest absolute Gasteiger partial charge is 1.00 e. The molecule has 3 atom stereocenters. The van der Waals surface area contributed by atoms with Gasteiger partial charge in [0, 0.05) is 18.6 Å². The smallest absolute Gasteiger partial charge is 0.339 e. The summed E-state index contributed by atoms with van der Waals surface area (Å²) in [5.41, 5.74) is 0.413. The van der Waals surface area contributed by atoms with Gasteiger partial charge in [-0.05, 0) is 19.3 Å². The third-order valence-electron chi connectivity index (χ3n) is 4.58. The van der Waals surface area contributed by atoms with Gasteiger partial charge in [-0.25, -0.2) is 9.28 Å². The normalized spacial score (nSPS) is 22.8. The Morgan fingerprint density at radius 1 is 1.36 bits per heavy atom. The SMILES string of the molecule is C=C(C)C(=O)OC1NC=C[N+]1(C)CCCOCC(CC)CCCC.[I-]. The van der Waals surface area contributed by atoms with E-state index in [0.717, 1.165) is 26.2 Å². The highest BCUT2D eigenvalue weighted by molar-refractivity contribution is 5.87. The lowest BCUT2D eigenvalue weighted by molar-refractivity contribution is -0.903. The molecule has 0 aromatic rings. The van der Waals surface area contributed by atoms with Crippen molar-refractivity contribution in [3.8, 4) is 0 Å². The maximum atomic E-state index is 11.7. The Kier molecular flexibility index (Phi) is 12.4. The van der Waals surface area contributed by atoms with Crippen molar-refractivity contribution in [1.82, 2.24) is 5.32 Å². The van der Waals surface area contributed by atoms with E-state index in [2.05, 4.69) is 25.7 Å². The fourth-order valence-electron chi connectivity index (χ4n) is 2.75. The summed E-state index contributed by atoms with van der Waals surface area (Å²) in [6.07, 6.45) is 9.36. The average molecular weight is 466 g/mol. The molecule has 6 heteroatoms. The number of hydrogen-bond acceptors (Lipinski definition) is 4. The molecule has 0 aliphatic carbocycles. The van der Waals surface area contributed by atoms with E-state index in [1.54, 1.807) is 6.92 Å². The molecular formula is C19H35IN2O3. The van der Waals surface area contributed by atoms with Crippen molar-refractivity contribution in [2.24, 2.45) is 5.92 Å². The number of quaternary nitrogens is 1. The van der Waals surface area contributed by atoms with Gasteiger partial charge in [0.1, 0.15) is 6.20 Å². The Balaban J connectivity index is 0.00000576. The van der Waals surface area contributed by atoms with Crippen LogP contribution in [0, 0.1) is 5.92 Å². The molecule has 146 valence electrons. The molecule has 0 amide bonds. The molecule has 3 unspecified atom stereocenters. The molecule has 0 bridgehead atoms. The Morgan fingerprint density at radius 2 is 2.08 bits per heavy atom. The number of hydrogen-bond donors (Lipinski definition) is 1. The lowest BCUT2D eigenvalue weighted by Crippen LogP contribution is -3.00. The van der Waals surface area contributed by atoms with Crippen molar-refractivity contribution < 1.29 is 42.7 Å². The quantitative estimate of drug-likeness (QED) is 0.150. The van der Waals surface area contributed by atoms with E-state index in [1.165, 1.54) is 25.7 Å². The summed E-state index contributed by atoms with van der Waals surface area (Å²) in [4.78, 5) is 11.7. The Labute approximate surface area is 170 Å². The van der Waals surface area contributed by atoms with Crippen LogP contribution in [0.5, 0.6) is 0 Å². The fourth-order valence-corrected chi connectivity index (χ4v) is 2.75. The van der Waals surface area contributed by atoms with E-state index in [0.29, 0.717) is 16.0 Å². The number of ether oxygens (including phenoxy) is 2. The first-order chi connectivity index (χ1) is 11.4. The molecule has 1 rings (SSSR count).